The number of H-pyrrole nitrogens is 1. The molecule has 1 aliphatic heterocycles. The largest absolute Gasteiger partial charge is 0.396 e. The molecule has 3 rings (SSSR count). The van der Waals surface area contributed by atoms with Crippen molar-refractivity contribution in [2.24, 2.45) is 5.92 Å². The molecule has 0 amide bonds. The second kappa shape index (κ2) is 8.27. The highest BCUT2D eigenvalue weighted by Gasteiger charge is 2.29. The molecule has 2 fully saturated rings. The number of aliphatic hydroxyl groups is 1. The van der Waals surface area contributed by atoms with E-state index in [0.29, 0.717) is 12.6 Å². The molecule has 1 aromatic heterocycles. The van der Waals surface area contributed by atoms with E-state index in [-0.39, 0.29) is 0 Å². The first-order chi connectivity index (χ1) is 11.2. The van der Waals surface area contributed by atoms with E-state index in [0.717, 1.165) is 49.9 Å². The van der Waals surface area contributed by atoms with Gasteiger partial charge in [0.1, 0.15) is 0 Å². The Hall–Kier alpha value is -0.910. The Bertz CT molecular complexity index is 469. The van der Waals surface area contributed by atoms with Crippen LogP contribution in [0.25, 0.3) is 0 Å². The number of nitrogens with zero attached hydrogens (tertiary/aromatic N) is 3. The third-order valence-corrected chi connectivity index (χ3v) is 5.51. The number of rotatable bonds is 6. The van der Waals surface area contributed by atoms with E-state index in [9.17, 15) is 5.11 Å². The monoisotopic (exact) mass is 320 g/mol. The van der Waals surface area contributed by atoms with E-state index in [1.54, 1.807) is 0 Å². The van der Waals surface area contributed by atoms with Gasteiger partial charge in [-0.1, -0.05) is 19.3 Å². The summed E-state index contributed by atoms with van der Waals surface area (Å²) in [4.78, 5) is 5.14. The standard InChI is InChI=1S/C18H32N4O/c1-15-11-17(20-19-15)13-21-8-9-22(18(14-21)7-10-23)12-16-5-3-2-4-6-16/h11,16,18,23H,2-10,12-14H2,1H3,(H,19,20). The van der Waals surface area contributed by atoms with Crippen LogP contribution in [-0.2, 0) is 6.54 Å². The summed E-state index contributed by atoms with van der Waals surface area (Å²) in [5.41, 5.74) is 2.26. The number of aryl methyl sites for hydroxylation is 1. The smallest absolute Gasteiger partial charge is 0.0765 e. The molecule has 1 unspecified atom stereocenters. The van der Waals surface area contributed by atoms with Crippen molar-refractivity contribution in [2.45, 2.75) is 58.0 Å². The van der Waals surface area contributed by atoms with Crippen LogP contribution in [-0.4, -0.2) is 63.9 Å². The maximum Gasteiger partial charge on any atom is 0.0765 e. The first kappa shape index (κ1) is 16.9. The number of nitrogens with one attached hydrogen (secondary N) is 1. The van der Waals surface area contributed by atoms with Crippen LogP contribution < -0.4 is 0 Å². The fourth-order valence-electron chi connectivity index (χ4n) is 4.25. The molecule has 1 atom stereocenters. The summed E-state index contributed by atoms with van der Waals surface area (Å²) in [5, 5.41) is 16.9. The number of hydrogen-bond donors (Lipinski definition) is 2. The van der Waals surface area contributed by atoms with E-state index >= 15 is 0 Å². The molecule has 0 spiro atoms. The van der Waals surface area contributed by atoms with Crippen LogP contribution in [0.15, 0.2) is 6.07 Å². The van der Waals surface area contributed by atoms with Gasteiger partial charge in [0.15, 0.2) is 0 Å². The first-order valence-corrected chi connectivity index (χ1v) is 9.32. The molecule has 2 N–H and O–H groups in total. The predicted octanol–water partition coefficient (Wildman–Crippen LogP) is 2.17. The number of aliphatic hydroxyl groups excluding tert-OH is 1. The molecule has 2 aliphatic rings. The van der Waals surface area contributed by atoms with Gasteiger partial charge in [0.25, 0.3) is 0 Å². The van der Waals surface area contributed by atoms with Crippen LogP contribution in [0.3, 0.4) is 0 Å². The van der Waals surface area contributed by atoms with E-state index < -0.39 is 0 Å². The molecule has 1 aliphatic carbocycles. The van der Waals surface area contributed by atoms with Crippen LogP contribution in [0.5, 0.6) is 0 Å². The SMILES string of the molecule is Cc1cc(CN2CCN(CC3CCCCC3)C(CCO)C2)n[nH]1. The van der Waals surface area contributed by atoms with Gasteiger partial charge in [0, 0.05) is 51.1 Å². The Kier molecular flexibility index (Phi) is 6.08. The van der Waals surface area contributed by atoms with E-state index in [2.05, 4.69) is 26.1 Å². The zero-order valence-corrected chi connectivity index (χ0v) is 14.5. The molecule has 1 saturated heterocycles. The van der Waals surface area contributed by atoms with Crippen LogP contribution in [0.2, 0.25) is 0 Å². The van der Waals surface area contributed by atoms with Gasteiger partial charge < -0.3 is 5.11 Å². The number of aromatic amines is 1. The van der Waals surface area contributed by atoms with Crippen molar-refractivity contribution in [1.29, 1.82) is 0 Å². The maximum absolute atomic E-state index is 9.46. The fraction of sp³-hybridized carbons (Fsp3) is 0.833. The minimum Gasteiger partial charge on any atom is -0.396 e. The highest BCUT2D eigenvalue weighted by molar-refractivity contribution is 5.06. The van der Waals surface area contributed by atoms with Crippen LogP contribution in [0, 0.1) is 12.8 Å². The highest BCUT2D eigenvalue weighted by Crippen LogP contribution is 2.26. The number of piperazine rings is 1. The summed E-state index contributed by atoms with van der Waals surface area (Å²) in [7, 11) is 0. The molecule has 5 heteroatoms. The van der Waals surface area contributed by atoms with Crippen molar-refractivity contribution in [3.8, 4) is 0 Å². The second-order valence-corrected chi connectivity index (χ2v) is 7.44. The Morgan fingerprint density at radius 3 is 2.78 bits per heavy atom. The summed E-state index contributed by atoms with van der Waals surface area (Å²) in [6.45, 7) is 7.79. The summed E-state index contributed by atoms with van der Waals surface area (Å²) in [5.74, 6) is 0.880. The highest BCUT2D eigenvalue weighted by atomic mass is 16.3. The molecule has 1 aromatic rings. The quantitative estimate of drug-likeness (QED) is 0.843. The summed E-state index contributed by atoms with van der Waals surface area (Å²) >= 11 is 0. The second-order valence-electron chi connectivity index (χ2n) is 7.44. The summed E-state index contributed by atoms with van der Waals surface area (Å²) in [6, 6.07) is 2.63. The van der Waals surface area contributed by atoms with Gasteiger partial charge in [0.2, 0.25) is 0 Å². The van der Waals surface area contributed by atoms with Crippen molar-refractivity contribution >= 4 is 0 Å². The van der Waals surface area contributed by atoms with Gasteiger partial charge >= 0.3 is 0 Å². The van der Waals surface area contributed by atoms with E-state index in [1.807, 2.05) is 6.92 Å². The molecule has 5 nitrogen and oxygen atoms in total. The van der Waals surface area contributed by atoms with Crippen molar-refractivity contribution < 1.29 is 5.11 Å². The third-order valence-electron chi connectivity index (χ3n) is 5.51. The van der Waals surface area contributed by atoms with Gasteiger partial charge in [-0.2, -0.15) is 5.10 Å². The summed E-state index contributed by atoms with van der Waals surface area (Å²) in [6.07, 6.45) is 7.94. The molecular formula is C18H32N4O. The molecular weight excluding hydrogens is 288 g/mol. The lowest BCUT2D eigenvalue weighted by Gasteiger charge is -2.43. The van der Waals surface area contributed by atoms with Crippen molar-refractivity contribution in [3.63, 3.8) is 0 Å². The van der Waals surface area contributed by atoms with Crippen molar-refractivity contribution in [3.05, 3.63) is 17.5 Å². The van der Waals surface area contributed by atoms with Gasteiger partial charge in [-0.05, 0) is 38.2 Å². The lowest BCUT2D eigenvalue weighted by molar-refractivity contribution is 0.0395. The lowest BCUT2D eigenvalue weighted by Crippen LogP contribution is -2.54. The van der Waals surface area contributed by atoms with Crippen molar-refractivity contribution in [1.82, 2.24) is 20.0 Å². The normalized spacial score (nSPS) is 25.0. The topological polar surface area (TPSA) is 55.4 Å². The third kappa shape index (κ3) is 4.78. The molecule has 0 aromatic carbocycles. The van der Waals surface area contributed by atoms with E-state index in [1.165, 1.54) is 38.6 Å². The van der Waals surface area contributed by atoms with Gasteiger partial charge in [-0.3, -0.25) is 14.9 Å². The predicted molar refractivity (Wildman–Crippen MR) is 92.2 cm³/mol. The minimum absolute atomic E-state index is 0.293. The zero-order valence-electron chi connectivity index (χ0n) is 14.5. The Balaban J connectivity index is 1.54. The average molecular weight is 320 g/mol. The molecule has 0 radical (unpaired) electrons. The maximum atomic E-state index is 9.46. The lowest BCUT2D eigenvalue weighted by atomic mass is 9.88. The first-order valence-electron chi connectivity index (χ1n) is 9.32. The van der Waals surface area contributed by atoms with Gasteiger partial charge in [-0.15, -0.1) is 0 Å². The molecule has 1 saturated carbocycles. The Labute approximate surface area is 140 Å². The molecule has 23 heavy (non-hydrogen) atoms. The van der Waals surface area contributed by atoms with Crippen LogP contribution in [0.1, 0.15) is 49.9 Å². The van der Waals surface area contributed by atoms with Crippen LogP contribution in [0.4, 0.5) is 0 Å². The molecule has 130 valence electrons. The molecule has 2 heterocycles. The van der Waals surface area contributed by atoms with Gasteiger partial charge in [-0.25, -0.2) is 0 Å². The zero-order chi connectivity index (χ0) is 16.1. The Morgan fingerprint density at radius 2 is 2.09 bits per heavy atom. The number of aromatic nitrogens is 2. The molecule has 0 bridgehead atoms. The van der Waals surface area contributed by atoms with Gasteiger partial charge in [0.05, 0.1) is 5.69 Å². The fourth-order valence-corrected chi connectivity index (χ4v) is 4.25. The van der Waals surface area contributed by atoms with E-state index in [4.69, 9.17) is 0 Å². The van der Waals surface area contributed by atoms with Crippen molar-refractivity contribution in [2.75, 3.05) is 32.8 Å². The average Bonchev–Trinajstić information content (AvgIpc) is 2.96. The van der Waals surface area contributed by atoms with Crippen LogP contribution >= 0.6 is 0 Å². The Morgan fingerprint density at radius 1 is 1.26 bits per heavy atom. The minimum atomic E-state index is 0.293. The number of hydrogen-bond acceptors (Lipinski definition) is 4. The summed E-state index contributed by atoms with van der Waals surface area (Å²) < 4.78 is 0.